The first-order valence-electron chi connectivity index (χ1n) is 7.89. The Morgan fingerprint density at radius 2 is 1.32 bits per heavy atom. The van der Waals surface area contributed by atoms with Gasteiger partial charge in [0.05, 0.1) is 5.67 Å². The fourth-order valence-electron chi connectivity index (χ4n) is 2.98. The molecule has 0 aromatic heterocycles. The van der Waals surface area contributed by atoms with Gasteiger partial charge in [0, 0.05) is 19.8 Å². The highest BCUT2D eigenvalue weighted by atomic mass is 28.4. The summed E-state index contributed by atoms with van der Waals surface area (Å²) >= 11 is 0. The maximum atomic E-state index is 6.07. The van der Waals surface area contributed by atoms with Crippen molar-refractivity contribution in [2.45, 2.75) is 59.0 Å². The lowest BCUT2D eigenvalue weighted by molar-refractivity contribution is 0.0295. The van der Waals surface area contributed by atoms with E-state index in [1.54, 1.807) is 0 Å². The number of rotatable bonds is 9. The monoisotopic (exact) mass is 289 g/mol. The number of hydrogen-bond donors (Lipinski definition) is 0. The standard InChI is InChI=1S/C14H31NO3Si/c1-5-14(15-12-10-9-11-13-15)19(16-6-2,17-7-3)18-8-4/h14H,5-13H2,1-4H3. The van der Waals surface area contributed by atoms with Crippen LogP contribution in [0.3, 0.4) is 0 Å². The van der Waals surface area contributed by atoms with Crippen LogP contribution in [0.5, 0.6) is 0 Å². The van der Waals surface area contributed by atoms with E-state index in [4.69, 9.17) is 13.3 Å². The van der Waals surface area contributed by atoms with E-state index in [9.17, 15) is 0 Å². The van der Waals surface area contributed by atoms with Crippen molar-refractivity contribution in [2.24, 2.45) is 0 Å². The molecule has 1 unspecified atom stereocenters. The summed E-state index contributed by atoms with van der Waals surface area (Å²) in [5.41, 5.74) is 0.313. The molecule has 5 heteroatoms. The van der Waals surface area contributed by atoms with Crippen LogP contribution in [0.25, 0.3) is 0 Å². The summed E-state index contributed by atoms with van der Waals surface area (Å²) in [6.07, 6.45) is 4.95. The molecule has 19 heavy (non-hydrogen) atoms. The molecule has 0 N–H and O–H groups in total. The van der Waals surface area contributed by atoms with Crippen LogP contribution in [-0.4, -0.2) is 52.3 Å². The Balaban J connectivity index is 2.87. The molecular weight excluding hydrogens is 258 g/mol. The lowest BCUT2D eigenvalue weighted by Gasteiger charge is -2.42. The van der Waals surface area contributed by atoms with Crippen molar-refractivity contribution in [3.63, 3.8) is 0 Å². The molecule has 1 saturated heterocycles. The van der Waals surface area contributed by atoms with Crippen LogP contribution in [0, 0.1) is 0 Å². The molecule has 1 rings (SSSR count). The Labute approximate surface area is 119 Å². The number of nitrogens with zero attached hydrogens (tertiary/aromatic N) is 1. The topological polar surface area (TPSA) is 30.9 Å². The molecule has 0 amide bonds. The highest BCUT2D eigenvalue weighted by Crippen LogP contribution is 2.25. The van der Waals surface area contributed by atoms with Crippen molar-refractivity contribution in [3.05, 3.63) is 0 Å². The molecule has 0 aromatic rings. The van der Waals surface area contributed by atoms with E-state index in [1.165, 1.54) is 19.3 Å². The van der Waals surface area contributed by atoms with Gasteiger partial charge in [0.1, 0.15) is 0 Å². The maximum absolute atomic E-state index is 6.07. The molecule has 0 radical (unpaired) electrons. The Kier molecular flexibility index (Phi) is 8.17. The summed E-state index contributed by atoms with van der Waals surface area (Å²) in [5, 5.41) is 0. The van der Waals surface area contributed by atoms with Crippen LogP contribution in [0.15, 0.2) is 0 Å². The highest BCUT2D eigenvalue weighted by Gasteiger charge is 2.51. The van der Waals surface area contributed by atoms with Crippen molar-refractivity contribution < 1.29 is 13.3 Å². The minimum atomic E-state index is -2.59. The average Bonchev–Trinajstić information content (AvgIpc) is 2.41. The van der Waals surface area contributed by atoms with E-state index >= 15 is 0 Å². The van der Waals surface area contributed by atoms with Gasteiger partial charge in [-0.05, 0) is 53.1 Å². The van der Waals surface area contributed by atoms with Gasteiger partial charge in [-0.2, -0.15) is 0 Å². The van der Waals surface area contributed by atoms with Crippen molar-refractivity contribution in [2.75, 3.05) is 32.9 Å². The quantitative estimate of drug-likeness (QED) is 0.611. The summed E-state index contributed by atoms with van der Waals surface area (Å²) in [7, 11) is -2.59. The number of likely N-dealkylation sites (tertiary alicyclic amines) is 1. The first kappa shape index (κ1) is 17.1. The van der Waals surface area contributed by atoms with Gasteiger partial charge in [0.15, 0.2) is 0 Å². The van der Waals surface area contributed by atoms with Crippen LogP contribution in [-0.2, 0) is 13.3 Å². The molecule has 0 aromatic carbocycles. The predicted molar refractivity (Wildman–Crippen MR) is 80.1 cm³/mol. The number of piperidine rings is 1. The molecule has 0 aliphatic carbocycles. The van der Waals surface area contributed by atoms with Crippen molar-refractivity contribution in [3.8, 4) is 0 Å². The fraction of sp³-hybridized carbons (Fsp3) is 1.00. The Morgan fingerprint density at radius 1 is 0.842 bits per heavy atom. The molecule has 0 saturated carbocycles. The van der Waals surface area contributed by atoms with Crippen molar-refractivity contribution in [1.29, 1.82) is 0 Å². The Hall–Kier alpha value is 0.0569. The molecule has 1 fully saturated rings. The van der Waals surface area contributed by atoms with Gasteiger partial charge in [0.25, 0.3) is 0 Å². The minimum Gasteiger partial charge on any atom is -0.373 e. The van der Waals surface area contributed by atoms with E-state index in [0.29, 0.717) is 25.5 Å². The first-order valence-corrected chi connectivity index (χ1v) is 9.70. The lowest BCUT2D eigenvalue weighted by atomic mass is 10.1. The predicted octanol–water partition coefficient (Wildman–Crippen LogP) is 2.84. The van der Waals surface area contributed by atoms with E-state index < -0.39 is 8.80 Å². The van der Waals surface area contributed by atoms with E-state index in [-0.39, 0.29) is 0 Å². The van der Waals surface area contributed by atoms with Crippen LogP contribution < -0.4 is 0 Å². The third kappa shape index (κ3) is 4.53. The molecule has 114 valence electrons. The summed E-state index contributed by atoms with van der Waals surface area (Å²) in [5.74, 6) is 0. The zero-order valence-electron chi connectivity index (χ0n) is 13.1. The zero-order valence-corrected chi connectivity index (χ0v) is 14.1. The zero-order chi connectivity index (χ0) is 14.1. The Morgan fingerprint density at radius 3 is 1.68 bits per heavy atom. The summed E-state index contributed by atoms with van der Waals surface area (Å²) < 4.78 is 18.2. The molecule has 4 nitrogen and oxygen atoms in total. The summed E-state index contributed by atoms with van der Waals surface area (Å²) in [6.45, 7) is 12.6. The van der Waals surface area contributed by atoms with Crippen LogP contribution in [0.4, 0.5) is 0 Å². The Bertz CT molecular complexity index is 218. The van der Waals surface area contributed by atoms with Gasteiger partial charge in [-0.15, -0.1) is 0 Å². The van der Waals surface area contributed by atoms with Crippen LogP contribution in [0.1, 0.15) is 53.4 Å². The molecule has 1 aliphatic heterocycles. The second-order valence-electron chi connectivity index (χ2n) is 4.92. The third-order valence-corrected chi connectivity index (χ3v) is 7.33. The second kappa shape index (κ2) is 9.08. The smallest absolute Gasteiger partial charge is 0.373 e. The summed E-state index contributed by atoms with van der Waals surface area (Å²) in [4.78, 5) is 2.54. The molecule has 1 atom stereocenters. The lowest BCUT2D eigenvalue weighted by Crippen LogP contribution is -2.63. The third-order valence-electron chi connectivity index (χ3n) is 3.66. The van der Waals surface area contributed by atoms with Gasteiger partial charge >= 0.3 is 8.80 Å². The summed E-state index contributed by atoms with van der Waals surface area (Å²) in [6, 6.07) is 0. The van der Waals surface area contributed by atoms with Gasteiger partial charge in [-0.3, -0.25) is 4.90 Å². The van der Waals surface area contributed by atoms with Gasteiger partial charge in [-0.25, -0.2) is 0 Å². The van der Waals surface area contributed by atoms with E-state index in [0.717, 1.165) is 19.5 Å². The first-order chi connectivity index (χ1) is 9.24. The van der Waals surface area contributed by atoms with Crippen molar-refractivity contribution in [1.82, 2.24) is 4.90 Å². The van der Waals surface area contributed by atoms with Gasteiger partial charge < -0.3 is 13.3 Å². The molecule has 0 bridgehead atoms. The second-order valence-corrected chi connectivity index (χ2v) is 7.66. The van der Waals surface area contributed by atoms with Crippen LogP contribution >= 0.6 is 0 Å². The fourth-order valence-corrected chi connectivity index (χ4v) is 6.22. The largest absolute Gasteiger partial charge is 0.519 e. The van der Waals surface area contributed by atoms with Gasteiger partial charge in [0.2, 0.25) is 0 Å². The van der Waals surface area contributed by atoms with E-state index in [2.05, 4.69) is 11.8 Å². The van der Waals surface area contributed by atoms with E-state index in [1.807, 2.05) is 20.8 Å². The van der Waals surface area contributed by atoms with Crippen LogP contribution in [0.2, 0.25) is 0 Å². The SMILES string of the molecule is CCO[Si](OCC)(OCC)C(CC)N1CCCCC1. The molecular formula is C14H31NO3Si. The van der Waals surface area contributed by atoms with Crippen molar-refractivity contribution >= 4 is 8.80 Å². The average molecular weight is 289 g/mol. The maximum Gasteiger partial charge on any atom is 0.519 e. The normalized spacial score (nSPS) is 19.6. The minimum absolute atomic E-state index is 0.313. The highest BCUT2D eigenvalue weighted by molar-refractivity contribution is 6.62. The molecule has 1 heterocycles. The number of hydrogen-bond acceptors (Lipinski definition) is 4. The molecule has 0 spiro atoms. The molecule has 1 aliphatic rings. The van der Waals surface area contributed by atoms with Gasteiger partial charge in [-0.1, -0.05) is 13.3 Å².